The molecule has 0 aliphatic heterocycles. The normalized spacial score (nSPS) is 19.2. The van der Waals surface area contributed by atoms with Crippen molar-refractivity contribution in [2.45, 2.75) is 44.6 Å². The van der Waals surface area contributed by atoms with Crippen LogP contribution >= 0.6 is 0 Å². The second-order valence-electron chi connectivity index (χ2n) is 8.90. The molecule has 174 valence electrons. The third kappa shape index (κ3) is 5.35. The molecule has 7 heteroatoms. The van der Waals surface area contributed by atoms with Gasteiger partial charge in [0.05, 0.1) is 6.42 Å². The van der Waals surface area contributed by atoms with Crippen LogP contribution in [0.4, 0.5) is 4.79 Å². The third-order valence-electron chi connectivity index (χ3n) is 6.52. The summed E-state index contributed by atoms with van der Waals surface area (Å²) in [6, 6.07) is 16.0. The van der Waals surface area contributed by atoms with Gasteiger partial charge in [0.1, 0.15) is 6.61 Å². The predicted molar refractivity (Wildman–Crippen MR) is 124 cm³/mol. The van der Waals surface area contributed by atoms with Crippen molar-refractivity contribution in [3.05, 3.63) is 59.7 Å². The van der Waals surface area contributed by atoms with Crippen LogP contribution in [0.15, 0.2) is 48.5 Å². The summed E-state index contributed by atoms with van der Waals surface area (Å²) < 4.78 is 5.54. The van der Waals surface area contributed by atoms with Gasteiger partial charge in [0.15, 0.2) is 0 Å². The molecule has 0 bridgehead atoms. The first-order valence-corrected chi connectivity index (χ1v) is 11.6. The summed E-state index contributed by atoms with van der Waals surface area (Å²) in [4.78, 5) is 35.7. The molecule has 1 fully saturated rings. The average molecular weight is 451 g/mol. The lowest BCUT2D eigenvalue weighted by Gasteiger charge is -2.16. The molecule has 2 aromatic rings. The van der Waals surface area contributed by atoms with Crippen LogP contribution in [0.2, 0.25) is 0 Å². The molecular formula is C26H30N2O5. The molecule has 4 rings (SSSR count). The molecular weight excluding hydrogens is 420 g/mol. The standard InChI is InChI=1S/C26H30N2O5/c1-2-7-17(13-24(29)30)28-25(31)22-12-16(22)14-27-26(32)33-15-23-20-10-5-3-8-18(20)19-9-4-6-11-21(19)23/h3-6,8-11,16-17,22-23H,2,7,12-15H2,1H3,(H,27,32)(H,28,31)(H,29,30)/t16-,17-,22-/m1/s1. The van der Waals surface area contributed by atoms with Gasteiger partial charge in [-0.15, -0.1) is 0 Å². The van der Waals surface area contributed by atoms with Crippen molar-refractivity contribution < 1.29 is 24.2 Å². The van der Waals surface area contributed by atoms with E-state index in [0.717, 1.165) is 17.5 Å². The fraction of sp³-hybridized carbons (Fsp3) is 0.423. The number of amides is 2. The Hall–Kier alpha value is -3.35. The van der Waals surface area contributed by atoms with Crippen LogP contribution in [0.1, 0.15) is 49.7 Å². The lowest BCUT2D eigenvalue weighted by molar-refractivity contribution is -0.137. The minimum Gasteiger partial charge on any atom is -0.481 e. The summed E-state index contributed by atoms with van der Waals surface area (Å²) in [6.07, 6.45) is 1.55. The molecule has 0 heterocycles. The van der Waals surface area contributed by atoms with E-state index >= 15 is 0 Å². The molecule has 1 saturated carbocycles. The number of fused-ring (bicyclic) bond motifs is 3. The monoisotopic (exact) mass is 450 g/mol. The van der Waals surface area contributed by atoms with E-state index in [1.165, 1.54) is 11.1 Å². The largest absolute Gasteiger partial charge is 0.481 e. The average Bonchev–Trinajstić information content (AvgIpc) is 3.51. The molecule has 2 aliphatic rings. The maximum atomic E-state index is 12.4. The van der Waals surface area contributed by atoms with Gasteiger partial charge in [-0.3, -0.25) is 9.59 Å². The molecule has 0 saturated heterocycles. The van der Waals surface area contributed by atoms with Crippen LogP contribution in [0.5, 0.6) is 0 Å². The van der Waals surface area contributed by atoms with Gasteiger partial charge < -0.3 is 20.5 Å². The number of carboxylic acid groups (broad SMARTS) is 1. The number of benzene rings is 2. The van der Waals surface area contributed by atoms with Crippen molar-refractivity contribution >= 4 is 18.0 Å². The minimum atomic E-state index is -0.919. The van der Waals surface area contributed by atoms with E-state index in [4.69, 9.17) is 9.84 Å². The highest BCUT2D eigenvalue weighted by atomic mass is 16.5. The van der Waals surface area contributed by atoms with E-state index in [2.05, 4.69) is 34.9 Å². The zero-order valence-corrected chi connectivity index (χ0v) is 18.8. The molecule has 2 amide bonds. The van der Waals surface area contributed by atoms with Crippen molar-refractivity contribution in [3.63, 3.8) is 0 Å². The van der Waals surface area contributed by atoms with Gasteiger partial charge >= 0.3 is 12.1 Å². The second-order valence-corrected chi connectivity index (χ2v) is 8.90. The molecule has 0 radical (unpaired) electrons. The Kier molecular flexibility index (Phi) is 6.96. The summed E-state index contributed by atoms with van der Waals surface area (Å²) in [6.45, 7) is 2.58. The van der Waals surface area contributed by atoms with Crippen molar-refractivity contribution in [1.29, 1.82) is 0 Å². The van der Waals surface area contributed by atoms with Crippen LogP contribution < -0.4 is 10.6 Å². The van der Waals surface area contributed by atoms with Crippen molar-refractivity contribution in [1.82, 2.24) is 10.6 Å². The van der Waals surface area contributed by atoms with Crippen LogP contribution in [0, 0.1) is 11.8 Å². The summed E-state index contributed by atoms with van der Waals surface area (Å²) >= 11 is 0. The van der Waals surface area contributed by atoms with E-state index in [9.17, 15) is 14.4 Å². The highest BCUT2D eigenvalue weighted by molar-refractivity contribution is 5.82. The van der Waals surface area contributed by atoms with Gasteiger partial charge in [-0.1, -0.05) is 61.9 Å². The molecule has 3 N–H and O–H groups in total. The summed E-state index contributed by atoms with van der Waals surface area (Å²) in [7, 11) is 0. The quantitative estimate of drug-likeness (QED) is 0.509. The second kappa shape index (κ2) is 10.1. The molecule has 7 nitrogen and oxygen atoms in total. The van der Waals surface area contributed by atoms with Crippen LogP contribution in [0.3, 0.4) is 0 Å². The van der Waals surface area contributed by atoms with Gasteiger partial charge in [0, 0.05) is 24.4 Å². The molecule has 33 heavy (non-hydrogen) atoms. The highest BCUT2D eigenvalue weighted by Gasteiger charge is 2.43. The number of carbonyl (C=O) groups excluding carboxylic acids is 2. The molecule has 0 aromatic heterocycles. The van der Waals surface area contributed by atoms with Gasteiger partial charge in [0.25, 0.3) is 0 Å². The Labute approximate surface area is 193 Å². The number of nitrogens with one attached hydrogen (secondary N) is 2. The number of rotatable bonds is 10. The van der Waals surface area contributed by atoms with Crippen molar-refractivity contribution in [2.24, 2.45) is 11.8 Å². The first kappa shape index (κ1) is 22.8. The number of hydrogen-bond acceptors (Lipinski definition) is 4. The Morgan fingerprint density at radius 3 is 2.30 bits per heavy atom. The molecule has 0 unspecified atom stereocenters. The number of ether oxygens (including phenoxy) is 1. The maximum Gasteiger partial charge on any atom is 0.407 e. The van der Waals surface area contributed by atoms with Crippen molar-refractivity contribution in [3.8, 4) is 11.1 Å². The number of carboxylic acids is 1. The summed E-state index contributed by atoms with van der Waals surface area (Å²) in [5, 5.41) is 14.6. The van der Waals surface area contributed by atoms with E-state index in [1.54, 1.807) is 0 Å². The van der Waals surface area contributed by atoms with E-state index in [0.29, 0.717) is 19.4 Å². The Morgan fingerprint density at radius 1 is 1.06 bits per heavy atom. The smallest absolute Gasteiger partial charge is 0.407 e. The topological polar surface area (TPSA) is 105 Å². The number of carbonyl (C=O) groups is 3. The SMILES string of the molecule is CCC[C@H](CC(=O)O)NC(=O)[C@@H]1C[C@@H]1CNC(=O)OCC1c2ccccc2-c2ccccc21. The van der Waals surface area contributed by atoms with Gasteiger partial charge in [-0.25, -0.2) is 4.79 Å². The van der Waals surface area contributed by atoms with Gasteiger partial charge in [-0.2, -0.15) is 0 Å². The third-order valence-corrected chi connectivity index (χ3v) is 6.52. The fourth-order valence-corrected chi connectivity index (χ4v) is 4.75. The predicted octanol–water partition coefficient (Wildman–Crippen LogP) is 3.92. The van der Waals surface area contributed by atoms with E-state index < -0.39 is 12.1 Å². The molecule has 2 aromatic carbocycles. The number of hydrogen-bond donors (Lipinski definition) is 3. The number of aliphatic carboxylic acids is 1. The maximum absolute atomic E-state index is 12.4. The zero-order valence-electron chi connectivity index (χ0n) is 18.8. The van der Waals surface area contributed by atoms with Gasteiger partial charge in [0.2, 0.25) is 5.91 Å². The Morgan fingerprint density at radius 2 is 1.70 bits per heavy atom. The van der Waals surface area contributed by atoms with Crippen LogP contribution in [-0.4, -0.2) is 42.3 Å². The van der Waals surface area contributed by atoms with Crippen LogP contribution in [-0.2, 0) is 14.3 Å². The fourth-order valence-electron chi connectivity index (χ4n) is 4.75. The van der Waals surface area contributed by atoms with Crippen molar-refractivity contribution in [2.75, 3.05) is 13.2 Å². The lowest BCUT2D eigenvalue weighted by Crippen LogP contribution is -2.38. The van der Waals surface area contributed by atoms with E-state index in [1.807, 2.05) is 31.2 Å². The van der Waals surface area contributed by atoms with Crippen LogP contribution in [0.25, 0.3) is 11.1 Å². The number of alkyl carbamates (subject to hydrolysis) is 1. The van der Waals surface area contributed by atoms with E-state index in [-0.39, 0.29) is 42.7 Å². The lowest BCUT2D eigenvalue weighted by atomic mass is 9.98. The first-order chi connectivity index (χ1) is 16.0. The Bertz CT molecular complexity index is 991. The molecule has 2 aliphatic carbocycles. The van der Waals surface area contributed by atoms with Gasteiger partial charge in [-0.05, 0) is 41.0 Å². The Balaban J connectivity index is 1.23. The molecule has 3 atom stereocenters. The highest BCUT2D eigenvalue weighted by Crippen LogP contribution is 2.44. The minimum absolute atomic E-state index is 0.00679. The zero-order chi connectivity index (χ0) is 23.4. The summed E-state index contributed by atoms with van der Waals surface area (Å²) in [5.41, 5.74) is 4.68. The summed E-state index contributed by atoms with van der Waals surface area (Å²) in [5.74, 6) is -1.18. The first-order valence-electron chi connectivity index (χ1n) is 11.6. The molecule has 0 spiro atoms.